The number of anilines is 1. The van der Waals surface area contributed by atoms with E-state index in [0.29, 0.717) is 64.9 Å². The van der Waals surface area contributed by atoms with Crippen LogP contribution in [0.15, 0.2) is 60.2 Å². The van der Waals surface area contributed by atoms with Crippen LogP contribution >= 0.6 is 0 Å². The van der Waals surface area contributed by atoms with Crippen LogP contribution < -0.4 is 10.1 Å². The minimum atomic E-state index is -1.64. The second kappa shape index (κ2) is 22.5. The van der Waals surface area contributed by atoms with Crippen LogP contribution in [-0.2, 0) is 49.7 Å². The first kappa shape index (κ1) is 53.3. The van der Waals surface area contributed by atoms with Crippen molar-refractivity contribution < 1.29 is 59.2 Å². The van der Waals surface area contributed by atoms with Crippen molar-refractivity contribution in [3.63, 3.8) is 0 Å². The normalized spacial score (nSPS) is 30.6. The third-order valence-electron chi connectivity index (χ3n) is 18.4. The standard InChI is InChI=1S/C62H77NO12/c1-3-45-18-19-49-51-26-37-11-9-10-36(22-37)25-47(65)29-44-27-40(42-23-38(33-64)24-46(28-42)63-35-61(2,71)54(67)34-73-48-14-7-8-15-48)16-17-41-32-56(68)75-59-50(41)30-43(58(69)57(59)39-12-5-4-6-13-39)31-55(74-60(44)70)62(45,72)52(49)20-21-53(51)66/h9-11,22-24,28-30,39-41,45,47-49,51-52,54-55,63-65,67,69,71-72H,3-8,12-15,18-21,25-27,31-35H2,1-2H3. The highest BCUT2D eigenvalue weighted by atomic mass is 16.6. The Morgan fingerprint density at radius 2 is 1.63 bits per heavy atom. The Labute approximate surface area is 441 Å². The van der Waals surface area contributed by atoms with E-state index in [1.807, 2.05) is 43.3 Å². The van der Waals surface area contributed by atoms with Crippen LogP contribution in [0.3, 0.4) is 0 Å². The molecule has 7 aliphatic rings. The number of benzene rings is 3. The summed E-state index contributed by atoms with van der Waals surface area (Å²) in [4.78, 5) is 43.5. The molecule has 7 N–H and O–H groups in total. The minimum absolute atomic E-state index is 0.0265. The molecule has 0 radical (unpaired) electrons. The summed E-state index contributed by atoms with van der Waals surface area (Å²) >= 11 is 0. The number of fused-ring (bicyclic) bond motifs is 7. The van der Waals surface area contributed by atoms with Gasteiger partial charge in [-0.25, -0.2) is 4.79 Å². The van der Waals surface area contributed by atoms with Crippen molar-refractivity contribution in [1.29, 1.82) is 0 Å². The SMILES string of the molecule is CCC1CCC2C3Cc4cccc(c4)CC(O)C=C4CC(c5cc(CO)cc(NCC(C)(O)C(O)COC6CCCC6)c5)C#CC5CC(=O)Oc6c5cc(c(O)c6C5CCCCC5)CC(OC4=O)C1(O)C2CCC3=O. The molecule has 3 heterocycles. The van der Waals surface area contributed by atoms with Gasteiger partial charge < -0.3 is 50.2 Å². The number of aliphatic hydroxyl groups is 5. The molecule has 0 aromatic heterocycles. The van der Waals surface area contributed by atoms with Crippen molar-refractivity contribution >= 4 is 23.4 Å². The van der Waals surface area contributed by atoms with Gasteiger partial charge in [0, 0.05) is 60.0 Å². The van der Waals surface area contributed by atoms with Gasteiger partial charge in [-0.1, -0.05) is 87.6 Å². The van der Waals surface area contributed by atoms with Gasteiger partial charge in [-0.2, -0.15) is 0 Å². The third kappa shape index (κ3) is 11.2. The van der Waals surface area contributed by atoms with Gasteiger partial charge in [-0.05, 0) is 140 Å². The van der Waals surface area contributed by atoms with E-state index < -0.39 is 59.2 Å². The van der Waals surface area contributed by atoms with Crippen molar-refractivity contribution in [2.45, 2.75) is 196 Å². The number of phenolic OH excluding ortho intramolecular Hbond substituents is 1. The Bertz CT molecular complexity index is 2710. The summed E-state index contributed by atoms with van der Waals surface area (Å²) in [6, 6.07) is 15.1. The summed E-state index contributed by atoms with van der Waals surface area (Å²) in [5.74, 6) is 3.17. The molecule has 402 valence electrons. The summed E-state index contributed by atoms with van der Waals surface area (Å²) in [5, 5.41) is 75.3. The molecule has 0 saturated heterocycles. The number of hydrogen-bond donors (Lipinski definition) is 7. The second-order valence-electron chi connectivity index (χ2n) is 23.5. The van der Waals surface area contributed by atoms with Gasteiger partial charge in [0.1, 0.15) is 40.7 Å². The Kier molecular flexibility index (Phi) is 16.0. The van der Waals surface area contributed by atoms with Gasteiger partial charge >= 0.3 is 11.9 Å². The number of aromatic hydroxyl groups is 1. The van der Waals surface area contributed by atoms with Crippen LogP contribution in [0, 0.1) is 35.5 Å². The lowest BCUT2D eigenvalue weighted by Crippen LogP contribution is -2.63. The first-order valence-corrected chi connectivity index (χ1v) is 28.1. The molecule has 4 saturated carbocycles. The topological polar surface area (TPSA) is 212 Å². The van der Waals surface area contributed by atoms with E-state index in [-0.39, 0.29) is 98.7 Å². The highest BCUT2D eigenvalue weighted by Gasteiger charge is 2.59. The lowest BCUT2D eigenvalue weighted by Gasteiger charge is -2.56. The second-order valence-corrected chi connectivity index (χ2v) is 23.5. The molecule has 4 aliphatic carbocycles. The zero-order chi connectivity index (χ0) is 52.6. The zero-order valence-corrected chi connectivity index (χ0v) is 43.7. The number of hydrogen-bond acceptors (Lipinski definition) is 13. The number of rotatable bonds is 11. The Morgan fingerprint density at radius 1 is 0.880 bits per heavy atom. The first-order valence-electron chi connectivity index (χ1n) is 28.1. The van der Waals surface area contributed by atoms with Gasteiger partial charge in [-0.15, -0.1) is 0 Å². The maximum atomic E-state index is 15.6. The molecule has 10 rings (SSSR count). The number of phenols is 1. The number of ketones is 1. The van der Waals surface area contributed by atoms with Crippen molar-refractivity contribution in [3.05, 3.63) is 99.1 Å². The predicted octanol–water partition coefficient (Wildman–Crippen LogP) is 8.30. The van der Waals surface area contributed by atoms with Crippen molar-refractivity contribution in [2.75, 3.05) is 18.5 Å². The van der Waals surface area contributed by atoms with Crippen LogP contribution in [0.2, 0.25) is 0 Å². The molecule has 4 fully saturated rings. The zero-order valence-electron chi connectivity index (χ0n) is 43.7. The molecule has 3 aromatic carbocycles. The van der Waals surface area contributed by atoms with Crippen molar-refractivity contribution in [3.8, 4) is 23.3 Å². The number of nitrogens with one attached hydrogen (secondary N) is 1. The van der Waals surface area contributed by atoms with E-state index in [1.54, 1.807) is 19.1 Å². The van der Waals surface area contributed by atoms with E-state index in [0.717, 1.165) is 75.3 Å². The summed E-state index contributed by atoms with van der Waals surface area (Å²) in [6.07, 6.45) is 9.45. The molecular formula is C62H77NO12. The predicted molar refractivity (Wildman–Crippen MR) is 282 cm³/mol. The van der Waals surface area contributed by atoms with Crippen LogP contribution in [0.5, 0.6) is 11.5 Å². The molecule has 0 amide bonds. The number of esters is 2. The van der Waals surface area contributed by atoms with Gasteiger partial charge in [0.05, 0.1) is 37.8 Å². The van der Waals surface area contributed by atoms with Gasteiger partial charge in [0.2, 0.25) is 0 Å². The lowest BCUT2D eigenvalue weighted by atomic mass is 9.53. The summed E-state index contributed by atoms with van der Waals surface area (Å²) in [5.41, 5.74) is 1.90. The van der Waals surface area contributed by atoms with E-state index >= 15 is 4.79 Å². The maximum Gasteiger partial charge on any atom is 0.334 e. The van der Waals surface area contributed by atoms with E-state index in [2.05, 4.69) is 17.2 Å². The summed E-state index contributed by atoms with van der Waals surface area (Å²) in [6.45, 7) is 3.12. The Hall–Kier alpha value is -5.07. The summed E-state index contributed by atoms with van der Waals surface area (Å²) < 4.78 is 19.0. The van der Waals surface area contributed by atoms with E-state index in [4.69, 9.17) is 14.2 Å². The lowest BCUT2D eigenvalue weighted by molar-refractivity contribution is -0.212. The molecule has 3 aromatic rings. The third-order valence-corrected chi connectivity index (χ3v) is 18.4. The fraction of sp³-hybridized carbons (Fsp3) is 0.597. The Balaban J connectivity index is 1.12. The van der Waals surface area contributed by atoms with Crippen molar-refractivity contribution in [2.24, 2.45) is 23.7 Å². The number of carbonyl (C=O) groups excluding carboxylic acids is 3. The highest BCUT2D eigenvalue weighted by Crippen LogP contribution is 2.56. The van der Waals surface area contributed by atoms with Gasteiger partial charge in [0.25, 0.3) is 0 Å². The largest absolute Gasteiger partial charge is 0.507 e. The summed E-state index contributed by atoms with van der Waals surface area (Å²) in [7, 11) is 0. The van der Waals surface area contributed by atoms with Crippen LogP contribution in [0.25, 0.3) is 0 Å². The minimum Gasteiger partial charge on any atom is -0.507 e. The number of Topliss-reactive ketones (excluding diaryl/α,β-unsaturated/α-hetero) is 1. The quantitative estimate of drug-likeness (QED) is 0.0548. The monoisotopic (exact) mass is 1030 g/mol. The van der Waals surface area contributed by atoms with Crippen LogP contribution in [0.1, 0.15) is 173 Å². The highest BCUT2D eigenvalue weighted by molar-refractivity contribution is 5.89. The number of ether oxygens (including phenoxy) is 3. The van der Waals surface area contributed by atoms with Crippen molar-refractivity contribution in [1.82, 2.24) is 0 Å². The molecule has 13 nitrogen and oxygen atoms in total. The van der Waals surface area contributed by atoms with Gasteiger partial charge in [-0.3, -0.25) is 9.59 Å². The molecule has 75 heavy (non-hydrogen) atoms. The van der Waals surface area contributed by atoms with E-state index in [1.165, 1.54) is 6.08 Å². The van der Waals surface area contributed by atoms with Gasteiger partial charge in [0.15, 0.2) is 0 Å². The molecule has 11 unspecified atom stereocenters. The molecule has 3 aliphatic heterocycles. The fourth-order valence-corrected chi connectivity index (χ4v) is 14.3. The van der Waals surface area contributed by atoms with E-state index in [9.17, 15) is 40.2 Å². The average molecular weight is 1030 g/mol. The van der Waals surface area contributed by atoms with Crippen LogP contribution in [-0.4, -0.2) is 97.1 Å². The smallest absolute Gasteiger partial charge is 0.334 e. The molecule has 11 atom stereocenters. The fourth-order valence-electron chi connectivity index (χ4n) is 14.3. The molecular weight excluding hydrogens is 951 g/mol. The molecule has 13 heteroatoms. The first-order chi connectivity index (χ1) is 36.1. The molecule has 0 spiro atoms. The Morgan fingerprint density at radius 3 is 2.39 bits per heavy atom. The number of carbonyl (C=O) groups is 3. The number of aliphatic hydroxyl groups excluding tert-OH is 3. The average Bonchev–Trinajstić information content (AvgIpc) is 3.93. The maximum absolute atomic E-state index is 15.6. The van der Waals surface area contributed by atoms with Crippen LogP contribution in [0.4, 0.5) is 5.69 Å². The molecule has 10 bridgehead atoms.